The number of benzene rings is 1. The van der Waals surface area contributed by atoms with E-state index in [0.717, 1.165) is 12.1 Å². The first-order chi connectivity index (χ1) is 10.2. The number of rotatable bonds is 10. The quantitative estimate of drug-likeness (QED) is 0.672. The Morgan fingerprint density at radius 2 is 1.86 bits per heavy atom. The zero-order valence-electron chi connectivity index (χ0n) is 13.7. The maximum absolute atomic E-state index is 6.24. The molecule has 1 aromatic rings. The first-order valence-corrected chi connectivity index (χ1v) is 8.17. The van der Waals surface area contributed by atoms with Crippen LogP contribution in [0.25, 0.3) is 0 Å². The fourth-order valence-electron chi connectivity index (χ4n) is 2.48. The van der Waals surface area contributed by atoms with Crippen molar-refractivity contribution < 1.29 is 9.47 Å². The maximum atomic E-state index is 6.24. The molecule has 0 bridgehead atoms. The van der Waals surface area contributed by atoms with Gasteiger partial charge in [0.15, 0.2) is 11.5 Å². The van der Waals surface area contributed by atoms with E-state index in [1.54, 1.807) is 14.2 Å². The summed E-state index contributed by atoms with van der Waals surface area (Å²) < 4.78 is 10.6. The highest BCUT2D eigenvalue weighted by molar-refractivity contribution is 6.32. The van der Waals surface area contributed by atoms with Crippen molar-refractivity contribution in [3.63, 3.8) is 0 Å². The SMILES string of the molecule is CCCCC(CCC)NCc1cc(Cl)c(OC)c(OC)c1. The van der Waals surface area contributed by atoms with Crippen LogP contribution in [-0.4, -0.2) is 20.3 Å². The lowest BCUT2D eigenvalue weighted by Gasteiger charge is -2.19. The molecule has 0 fully saturated rings. The van der Waals surface area contributed by atoms with Crippen LogP contribution in [0.5, 0.6) is 11.5 Å². The third-order valence-electron chi connectivity index (χ3n) is 3.63. The minimum absolute atomic E-state index is 0.571. The molecule has 1 aromatic carbocycles. The Morgan fingerprint density at radius 1 is 1.10 bits per heavy atom. The van der Waals surface area contributed by atoms with Crippen LogP contribution < -0.4 is 14.8 Å². The van der Waals surface area contributed by atoms with Crippen LogP contribution in [0.1, 0.15) is 51.5 Å². The standard InChI is InChI=1S/C17H28ClNO2/c1-5-7-9-14(8-6-2)19-12-13-10-15(18)17(21-4)16(11-13)20-3/h10-11,14,19H,5-9,12H2,1-4H3. The fraction of sp³-hybridized carbons (Fsp3) is 0.647. The Hall–Kier alpha value is -0.930. The fourth-order valence-corrected chi connectivity index (χ4v) is 2.79. The first-order valence-electron chi connectivity index (χ1n) is 7.79. The van der Waals surface area contributed by atoms with Crippen LogP contribution in [0.15, 0.2) is 12.1 Å². The van der Waals surface area contributed by atoms with Crippen molar-refractivity contribution in [2.24, 2.45) is 0 Å². The van der Waals surface area contributed by atoms with Crippen molar-refractivity contribution >= 4 is 11.6 Å². The van der Waals surface area contributed by atoms with E-state index in [-0.39, 0.29) is 0 Å². The van der Waals surface area contributed by atoms with Gasteiger partial charge in [0, 0.05) is 12.6 Å². The van der Waals surface area contributed by atoms with Gasteiger partial charge in [-0.05, 0) is 30.5 Å². The first kappa shape index (κ1) is 18.1. The van der Waals surface area contributed by atoms with Gasteiger partial charge < -0.3 is 14.8 Å². The van der Waals surface area contributed by atoms with Gasteiger partial charge in [-0.2, -0.15) is 0 Å². The van der Waals surface area contributed by atoms with Crippen molar-refractivity contribution in [3.8, 4) is 11.5 Å². The molecular weight excluding hydrogens is 286 g/mol. The largest absolute Gasteiger partial charge is 0.493 e. The maximum Gasteiger partial charge on any atom is 0.179 e. The molecule has 0 aliphatic carbocycles. The number of unbranched alkanes of at least 4 members (excludes halogenated alkanes) is 1. The molecule has 0 aliphatic rings. The van der Waals surface area contributed by atoms with Gasteiger partial charge in [0.25, 0.3) is 0 Å². The van der Waals surface area contributed by atoms with Crippen LogP contribution in [0.2, 0.25) is 5.02 Å². The molecule has 1 atom stereocenters. The highest BCUT2D eigenvalue weighted by atomic mass is 35.5. The molecule has 1 N–H and O–H groups in total. The van der Waals surface area contributed by atoms with E-state index in [4.69, 9.17) is 21.1 Å². The molecule has 0 saturated heterocycles. The number of nitrogens with one attached hydrogen (secondary N) is 1. The summed E-state index contributed by atoms with van der Waals surface area (Å²) in [4.78, 5) is 0. The normalized spacial score (nSPS) is 12.2. The van der Waals surface area contributed by atoms with Crippen LogP contribution in [0, 0.1) is 0 Å². The van der Waals surface area contributed by atoms with Gasteiger partial charge in [0.2, 0.25) is 0 Å². The lowest BCUT2D eigenvalue weighted by Crippen LogP contribution is -2.28. The zero-order chi connectivity index (χ0) is 15.7. The highest BCUT2D eigenvalue weighted by Gasteiger charge is 2.12. The van der Waals surface area contributed by atoms with E-state index in [1.807, 2.05) is 12.1 Å². The van der Waals surface area contributed by atoms with Crippen molar-refractivity contribution in [1.29, 1.82) is 0 Å². The van der Waals surface area contributed by atoms with Crippen LogP contribution in [0.3, 0.4) is 0 Å². The summed E-state index contributed by atoms with van der Waals surface area (Å²) in [5.41, 5.74) is 1.12. The number of methoxy groups -OCH3 is 2. The molecule has 0 aliphatic heterocycles. The molecule has 1 rings (SSSR count). The van der Waals surface area contributed by atoms with Crippen LogP contribution >= 0.6 is 11.6 Å². The van der Waals surface area contributed by atoms with Crippen molar-refractivity contribution in [2.75, 3.05) is 14.2 Å². The number of hydrogen-bond acceptors (Lipinski definition) is 3. The van der Waals surface area contributed by atoms with E-state index >= 15 is 0 Å². The van der Waals surface area contributed by atoms with E-state index < -0.39 is 0 Å². The second kappa shape index (κ2) is 9.91. The number of halogens is 1. The minimum Gasteiger partial charge on any atom is -0.493 e. The van der Waals surface area contributed by atoms with Gasteiger partial charge >= 0.3 is 0 Å². The molecule has 0 spiro atoms. The molecule has 0 radical (unpaired) electrons. The molecule has 0 aromatic heterocycles. The van der Waals surface area contributed by atoms with Gasteiger partial charge in [-0.25, -0.2) is 0 Å². The summed E-state index contributed by atoms with van der Waals surface area (Å²) in [6.07, 6.45) is 6.15. The van der Waals surface area contributed by atoms with Gasteiger partial charge in [-0.15, -0.1) is 0 Å². The van der Waals surface area contributed by atoms with Gasteiger partial charge in [-0.3, -0.25) is 0 Å². The Bertz CT molecular complexity index is 423. The average Bonchev–Trinajstić information content (AvgIpc) is 2.49. The van der Waals surface area contributed by atoms with E-state index in [9.17, 15) is 0 Å². The number of ether oxygens (including phenoxy) is 2. The van der Waals surface area contributed by atoms with Crippen LogP contribution in [0.4, 0.5) is 0 Å². The summed E-state index contributed by atoms with van der Waals surface area (Å²) in [6.45, 7) is 5.26. The summed E-state index contributed by atoms with van der Waals surface area (Å²) in [5, 5.41) is 4.22. The predicted molar refractivity (Wildman–Crippen MR) is 89.6 cm³/mol. The van der Waals surface area contributed by atoms with Crippen molar-refractivity contribution in [1.82, 2.24) is 5.32 Å². The Kier molecular flexibility index (Phi) is 8.55. The molecule has 0 heterocycles. The monoisotopic (exact) mass is 313 g/mol. The van der Waals surface area contributed by atoms with E-state index in [2.05, 4.69) is 19.2 Å². The third-order valence-corrected chi connectivity index (χ3v) is 3.91. The molecule has 0 saturated carbocycles. The van der Waals surface area contributed by atoms with E-state index in [0.29, 0.717) is 22.6 Å². The van der Waals surface area contributed by atoms with Crippen LogP contribution in [-0.2, 0) is 6.54 Å². The van der Waals surface area contributed by atoms with Gasteiger partial charge in [0.1, 0.15) is 0 Å². The predicted octanol–water partition coefficient (Wildman–Crippen LogP) is 4.81. The third kappa shape index (κ3) is 5.76. The summed E-state index contributed by atoms with van der Waals surface area (Å²) in [6, 6.07) is 4.50. The smallest absolute Gasteiger partial charge is 0.179 e. The molecular formula is C17H28ClNO2. The van der Waals surface area contributed by atoms with Gasteiger partial charge in [-0.1, -0.05) is 44.7 Å². The van der Waals surface area contributed by atoms with Gasteiger partial charge in [0.05, 0.1) is 19.2 Å². The molecule has 21 heavy (non-hydrogen) atoms. The lowest BCUT2D eigenvalue weighted by atomic mass is 10.0. The topological polar surface area (TPSA) is 30.5 Å². The zero-order valence-corrected chi connectivity index (χ0v) is 14.4. The molecule has 0 amide bonds. The number of hydrogen-bond donors (Lipinski definition) is 1. The minimum atomic E-state index is 0.571. The Morgan fingerprint density at radius 3 is 2.43 bits per heavy atom. The molecule has 4 heteroatoms. The Labute approximate surface area is 134 Å². The molecule has 3 nitrogen and oxygen atoms in total. The van der Waals surface area contributed by atoms with Crippen molar-refractivity contribution in [3.05, 3.63) is 22.7 Å². The van der Waals surface area contributed by atoms with Crippen molar-refractivity contribution in [2.45, 2.75) is 58.5 Å². The Balaban J connectivity index is 2.70. The summed E-state index contributed by atoms with van der Waals surface area (Å²) >= 11 is 6.24. The second-order valence-corrected chi connectivity index (χ2v) is 5.73. The second-order valence-electron chi connectivity index (χ2n) is 5.32. The van der Waals surface area contributed by atoms with E-state index in [1.165, 1.54) is 32.1 Å². The summed E-state index contributed by atoms with van der Waals surface area (Å²) in [7, 11) is 3.23. The summed E-state index contributed by atoms with van der Waals surface area (Å²) in [5.74, 6) is 1.28. The lowest BCUT2D eigenvalue weighted by molar-refractivity contribution is 0.354. The highest BCUT2D eigenvalue weighted by Crippen LogP contribution is 2.36. The average molecular weight is 314 g/mol. The molecule has 120 valence electrons. The molecule has 1 unspecified atom stereocenters.